The minimum absolute atomic E-state index is 0.133. The molecule has 7 nitrogen and oxygen atoms in total. The minimum atomic E-state index is -0.190. The molecule has 3 aromatic carbocycles. The summed E-state index contributed by atoms with van der Waals surface area (Å²) in [6.45, 7) is 2.62. The lowest BCUT2D eigenvalue weighted by molar-refractivity contribution is 0.414. The summed E-state index contributed by atoms with van der Waals surface area (Å²) in [5.74, 6) is 1.29. The molecule has 6 aromatic rings. The number of nitrogens with zero attached hydrogens (tertiary/aromatic N) is 4. The number of nitrogens with one attached hydrogen (secondary N) is 1. The Hall–Kier alpha value is -5.04. The number of hydrogen-bond donors (Lipinski definition) is 1. The highest BCUT2D eigenvalue weighted by atomic mass is 16.5. The second kappa shape index (κ2) is 10.4. The third-order valence-electron chi connectivity index (χ3n) is 6.88. The van der Waals surface area contributed by atoms with Crippen molar-refractivity contribution >= 4 is 27.8 Å². The Bertz CT molecular complexity index is 1830. The number of anilines is 1. The molecule has 6 rings (SSSR count). The van der Waals surface area contributed by atoms with Crippen LogP contribution in [0.3, 0.4) is 0 Å². The highest BCUT2D eigenvalue weighted by molar-refractivity contribution is 5.87. The zero-order chi connectivity index (χ0) is 26.8. The van der Waals surface area contributed by atoms with Gasteiger partial charge in [0.25, 0.3) is 0 Å². The lowest BCUT2D eigenvalue weighted by Gasteiger charge is -2.20. The van der Waals surface area contributed by atoms with E-state index in [2.05, 4.69) is 46.5 Å². The van der Waals surface area contributed by atoms with Crippen LogP contribution in [0.25, 0.3) is 33.2 Å². The Morgan fingerprint density at radius 3 is 2.49 bits per heavy atom. The first-order valence-corrected chi connectivity index (χ1v) is 12.8. The van der Waals surface area contributed by atoms with E-state index in [0.717, 1.165) is 39.0 Å². The van der Waals surface area contributed by atoms with Gasteiger partial charge in [0.05, 0.1) is 24.4 Å². The summed E-state index contributed by atoms with van der Waals surface area (Å²) in [5, 5.41) is 5.01. The molecule has 0 aliphatic carbocycles. The van der Waals surface area contributed by atoms with Gasteiger partial charge < -0.3 is 14.6 Å². The summed E-state index contributed by atoms with van der Waals surface area (Å²) in [6.07, 6.45) is 3.27. The van der Waals surface area contributed by atoms with Crippen molar-refractivity contribution in [3.63, 3.8) is 0 Å². The van der Waals surface area contributed by atoms with E-state index in [-0.39, 0.29) is 11.5 Å². The fourth-order valence-electron chi connectivity index (χ4n) is 4.87. The monoisotopic (exact) mass is 513 g/mol. The van der Waals surface area contributed by atoms with Crippen LogP contribution >= 0.6 is 0 Å². The van der Waals surface area contributed by atoms with Crippen LogP contribution in [-0.2, 0) is 6.54 Å². The van der Waals surface area contributed by atoms with E-state index in [4.69, 9.17) is 9.72 Å². The minimum Gasteiger partial charge on any atom is -0.497 e. The van der Waals surface area contributed by atoms with Gasteiger partial charge in [-0.15, -0.1) is 0 Å². The Morgan fingerprint density at radius 2 is 1.69 bits per heavy atom. The van der Waals surface area contributed by atoms with Crippen molar-refractivity contribution in [2.45, 2.75) is 19.5 Å². The van der Waals surface area contributed by atoms with E-state index < -0.39 is 0 Å². The van der Waals surface area contributed by atoms with Crippen molar-refractivity contribution in [1.82, 2.24) is 19.5 Å². The molecule has 3 aromatic heterocycles. The lowest BCUT2D eigenvalue weighted by atomic mass is 9.98. The Morgan fingerprint density at radius 1 is 0.923 bits per heavy atom. The van der Waals surface area contributed by atoms with E-state index in [9.17, 15) is 4.79 Å². The molecule has 192 valence electrons. The highest BCUT2D eigenvalue weighted by Gasteiger charge is 2.18. The van der Waals surface area contributed by atoms with Gasteiger partial charge in [0.1, 0.15) is 28.9 Å². The summed E-state index contributed by atoms with van der Waals surface area (Å²) in [6, 6.07) is 29.6. The number of para-hydroxylation sites is 1. The standard InChI is InChI=1S/C32H27N5O2/c1-21(26-18-24-10-6-7-11-27(24)36-30(26)23-8-4-3-5-9-23)35-31-29-28(38)16-17-37(32(29)34-20-33-31)19-22-12-14-25(39-2)15-13-22/h3-18,20-21H,19H2,1-2H3,(H,33,34,35)/t21-/m0/s1. The van der Waals surface area contributed by atoms with E-state index in [1.807, 2.05) is 65.2 Å². The normalized spacial score (nSPS) is 11.9. The first-order valence-electron chi connectivity index (χ1n) is 12.8. The number of aromatic nitrogens is 4. The Labute approximate surface area is 225 Å². The van der Waals surface area contributed by atoms with E-state index in [1.165, 1.54) is 6.33 Å². The average molecular weight is 514 g/mol. The van der Waals surface area contributed by atoms with Gasteiger partial charge in [0.15, 0.2) is 5.43 Å². The molecular formula is C32H27N5O2. The van der Waals surface area contributed by atoms with Crippen molar-refractivity contribution in [3.05, 3.63) is 125 Å². The SMILES string of the molecule is COc1ccc(Cn2ccc(=O)c3c(N[C@@H](C)c4cc5ccccc5nc4-c4ccccc4)ncnc32)cc1. The van der Waals surface area contributed by atoms with Gasteiger partial charge in [0, 0.05) is 35.3 Å². The molecule has 1 N–H and O–H groups in total. The van der Waals surface area contributed by atoms with Crippen LogP contribution in [0.2, 0.25) is 0 Å². The number of fused-ring (bicyclic) bond motifs is 2. The number of methoxy groups -OCH3 is 1. The predicted octanol–water partition coefficient (Wildman–Crippen LogP) is 6.24. The van der Waals surface area contributed by atoms with Crippen molar-refractivity contribution in [2.75, 3.05) is 12.4 Å². The summed E-state index contributed by atoms with van der Waals surface area (Å²) in [7, 11) is 1.65. The van der Waals surface area contributed by atoms with Crippen LogP contribution in [0.1, 0.15) is 24.1 Å². The number of rotatable bonds is 7. The largest absolute Gasteiger partial charge is 0.497 e. The van der Waals surface area contributed by atoms with Crippen LogP contribution in [0.15, 0.2) is 108 Å². The fourth-order valence-corrected chi connectivity index (χ4v) is 4.87. The zero-order valence-corrected chi connectivity index (χ0v) is 21.7. The zero-order valence-electron chi connectivity index (χ0n) is 21.7. The lowest BCUT2D eigenvalue weighted by Crippen LogP contribution is -2.16. The van der Waals surface area contributed by atoms with Crippen LogP contribution in [0.5, 0.6) is 5.75 Å². The van der Waals surface area contributed by atoms with Gasteiger partial charge in [-0.25, -0.2) is 15.0 Å². The molecule has 3 heterocycles. The van der Waals surface area contributed by atoms with Crippen molar-refractivity contribution in [2.24, 2.45) is 0 Å². The average Bonchev–Trinajstić information content (AvgIpc) is 2.98. The molecule has 1 atom stereocenters. The molecule has 0 aliphatic rings. The van der Waals surface area contributed by atoms with Gasteiger partial charge in [-0.1, -0.05) is 60.7 Å². The van der Waals surface area contributed by atoms with Crippen LogP contribution < -0.4 is 15.5 Å². The molecule has 0 amide bonds. The van der Waals surface area contributed by atoms with E-state index >= 15 is 0 Å². The van der Waals surface area contributed by atoms with Crippen LogP contribution in [0, 0.1) is 0 Å². The highest BCUT2D eigenvalue weighted by Crippen LogP contribution is 2.32. The van der Waals surface area contributed by atoms with Crippen LogP contribution in [-0.4, -0.2) is 26.6 Å². The molecule has 0 unspecified atom stereocenters. The number of benzene rings is 3. The molecule has 7 heteroatoms. The van der Waals surface area contributed by atoms with Crippen molar-refractivity contribution in [1.29, 1.82) is 0 Å². The molecule has 0 bridgehead atoms. The molecule has 0 fully saturated rings. The topological polar surface area (TPSA) is 81.9 Å². The second-order valence-electron chi connectivity index (χ2n) is 9.43. The second-order valence-corrected chi connectivity index (χ2v) is 9.43. The summed E-state index contributed by atoms with van der Waals surface area (Å²) >= 11 is 0. The predicted molar refractivity (Wildman–Crippen MR) is 155 cm³/mol. The van der Waals surface area contributed by atoms with Gasteiger partial charge in [-0.05, 0) is 36.8 Å². The first kappa shape index (κ1) is 24.3. The summed E-state index contributed by atoms with van der Waals surface area (Å²) in [4.78, 5) is 27.1. The Balaban J connectivity index is 1.40. The maximum absolute atomic E-state index is 13.1. The molecular weight excluding hydrogens is 486 g/mol. The van der Waals surface area contributed by atoms with Crippen molar-refractivity contribution < 1.29 is 4.74 Å². The quantitative estimate of drug-likeness (QED) is 0.272. The van der Waals surface area contributed by atoms with Gasteiger partial charge in [0.2, 0.25) is 0 Å². The molecule has 0 spiro atoms. The molecule has 39 heavy (non-hydrogen) atoms. The molecule has 0 saturated carbocycles. The van der Waals surface area contributed by atoms with Gasteiger partial charge in [-0.2, -0.15) is 0 Å². The summed E-state index contributed by atoms with van der Waals surface area (Å²) in [5.41, 5.74) is 5.37. The van der Waals surface area contributed by atoms with Gasteiger partial charge in [-0.3, -0.25) is 4.79 Å². The smallest absolute Gasteiger partial charge is 0.194 e. The number of ether oxygens (including phenoxy) is 1. The molecule has 0 saturated heterocycles. The summed E-state index contributed by atoms with van der Waals surface area (Å²) < 4.78 is 7.23. The molecule has 0 aliphatic heterocycles. The van der Waals surface area contributed by atoms with E-state index in [0.29, 0.717) is 23.4 Å². The third-order valence-corrected chi connectivity index (χ3v) is 6.88. The third kappa shape index (κ3) is 4.82. The first-order chi connectivity index (χ1) is 19.1. The number of pyridine rings is 2. The molecule has 0 radical (unpaired) electrons. The Kier molecular flexibility index (Phi) is 6.47. The number of hydrogen-bond acceptors (Lipinski definition) is 6. The van der Waals surface area contributed by atoms with Crippen molar-refractivity contribution in [3.8, 4) is 17.0 Å². The van der Waals surface area contributed by atoms with Gasteiger partial charge >= 0.3 is 0 Å². The maximum Gasteiger partial charge on any atom is 0.194 e. The van der Waals surface area contributed by atoms with E-state index in [1.54, 1.807) is 19.4 Å². The maximum atomic E-state index is 13.1. The fraction of sp³-hybridized carbons (Fsp3) is 0.125. The van der Waals surface area contributed by atoms with Crippen LogP contribution in [0.4, 0.5) is 5.82 Å².